The predicted molar refractivity (Wildman–Crippen MR) is 97.4 cm³/mol. The molecule has 0 aromatic rings. The Kier molecular flexibility index (Phi) is 5.97. The largest absolute Gasteiger partial charge is 0.370 e. The summed E-state index contributed by atoms with van der Waals surface area (Å²) in [5.41, 5.74) is 1.61. The average Bonchev–Trinajstić information content (AvgIpc) is 2.65. The molecule has 0 aromatic heterocycles. The van der Waals surface area contributed by atoms with Crippen LogP contribution in [0.15, 0.2) is 40.9 Å². The zero-order valence-electron chi connectivity index (χ0n) is 14.8. The highest BCUT2D eigenvalue weighted by molar-refractivity contribution is 6.19. The molecule has 1 unspecified atom stereocenters. The van der Waals surface area contributed by atoms with Crippen molar-refractivity contribution in [3.05, 3.63) is 36.0 Å². The Balaban J connectivity index is 1.39. The first-order chi connectivity index (χ1) is 12.1. The first kappa shape index (κ1) is 17.8. The highest BCUT2D eigenvalue weighted by atomic mass is 16.5. The summed E-state index contributed by atoms with van der Waals surface area (Å²) in [6, 6.07) is 0.423. The second-order valence-electron chi connectivity index (χ2n) is 6.89. The standard InChI is InChI=1S/C20H26N2O3/c1-22(16-6-3-2-4-7-16)20(24)8-5-13-25-17-10-11-18-15(14-17)9-12-19(23)21-18/h9-12,14,16-17H,2-8,13H2,1H3. The van der Waals surface area contributed by atoms with Gasteiger partial charge in [-0.3, -0.25) is 9.59 Å². The summed E-state index contributed by atoms with van der Waals surface area (Å²) < 4.78 is 5.83. The maximum absolute atomic E-state index is 12.3. The second-order valence-corrected chi connectivity index (χ2v) is 6.89. The molecule has 5 nitrogen and oxygen atoms in total. The van der Waals surface area contributed by atoms with Crippen molar-refractivity contribution in [2.75, 3.05) is 13.7 Å². The van der Waals surface area contributed by atoms with Crippen molar-refractivity contribution < 1.29 is 14.3 Å². The SMILES string of the molecule is CN(C(=O)CCCOC1C=CC2=NC(=O)C=CC2=C1)C1CCCCC1. The van der Waals surface area contributed by atoms with Crippen LogP contribution in [0.2, 0.25) is 0 Å². The number of nitrogens with zero attached hydrogens (tertiary/aromatic N) is 2. The maximum Gasteiger partial charge on any atom is 0.270 e. The number of hydrogen-bond acceptors (Lipinski definition) is 3. The second kappa shape index (κ2) is 8.39. The number of ether oxygens (including phenoxy) is 1. The zero-order valence-corrected chi connectivity index (χ0v) is 14.8. The molecule has 25 heavy (non-hydrogen) atoms. The molecule has 0 saturated heterocycles. The van der Waals surface area contributed by atoms with Gasteiger partial charge in [-0.2, -0.15) is 0 Å². The highest BCUT2D eigenvalue weighted by Crippen LogP contribution is 2.22. The molecule has 1 saturated carbocycles. The van der Waals surface area contributed by atoms with Gasteiger partial charge in [-0.15, -0.1) is 0 Å². The van der Waals surface area contributed by atoms with Crippen molar-refractivity contribution in [1.82, 2.24) is 4.90 Å². The normalized spacial score (nSPS) is 23.1. The van der Waals surface area contributed by atoms with E-state index >= 15 is 0 Å². The minimum atomic E-state index is -0.225. The van der Waals surface area contributed by atoms with E-state index in [1.165, 1.54) is 25.3 Å². The van der Waals surface area contributed by atoms with Crippen LogP contribution < -0.4 is 0 Å². The van der Waals surface area contributed by atoms with Crippen LogP contribution in [0.1, 0.15) is 44.9 Å². The smallest absolute Gasteiger partial charge is 0.270 e. The fourth-order valence-corrected chi connectivity index (χ4v) is 3.55. The molecule has 0 bridgehead atoms. The van der Waals surface area contributed by atoms with Crippen molar-refractivity contribution in [3.8, 4) is 0 Å². The molecular formula is C20H26N2O3. The van der Waals surface area contributed by atoms with Crippen LogP contribution in [0.3, 0.4) is 0 Å². The molecule has 0 aromatic carbocycles. The predicted octanol–water partition coefficient (Wildman–Crippen LogP) is 2.98. The minimum absolute atomic E-state index is 0.127. The molecule has 0 radical (unpaired) electrons. The van der Waals surface area contributed by atoms with Gasteiger partial charge >= 0.3 is 0 Å². The van der Waals surface area contributed by atoms with Gasteiger partial charge in [0, 0.05) is 32.2 Å². The van der Waals surface area contributed by atoms with E-state index in [9.17, 15) is 9.59 Å². The number of amides is 2. The average molecular weight is 342 g/mol. The fourth-order valence-electron chi connectivity index (χ4n) is 3.55. The van der Waals surface area contributed by atoms with Crippen molar-refractivity contribution in [2.45, 2.75) is 57.1 Å². The molecule has 2 aliphatic carbocycles. The van der Waals surface area contributed by atoms with Gasteiger partial charge in [0.1, 0.15) is 0 Å². The van der Waals surface area contributed by atoms with Gasteiger partial charge in [-0.25, -0.2) is 4.99 Å². The minimum Gasteiger partial charge on any atom is -0.370 e. The van der Waals surface area contributed by atoms with E-state index in [0.717, 1.165) is 24.8 Å². The molecule has 3 aliphatic rings. The molecule has 1 atom stereocenters. The van der Waals surface area contributed by atoms with Crippen molar-refractivity contribution in [3.63, 3.8) is 0 Å². The van der Waals surface area contributed by atoms with E-state index in [4.69, 9.17) is 4.74 Å². The van der Waals surface area contributed by atoms with Gasteiger partial charge in [0.15, 0.2) is 0 Å². The summed E-state index contributed by atoms with van der Waals surface area (Å²) in [6.45, 7) is 0.540. The summed E-state index contributed by atoms with van der Waals surface area (Å²) in [4.78, 5) is 29.4. The maximum atomic E-state index is 12.3. The van der Waals surface area contributed by atoms with Crippen LogP contribution >= 0.6 is 0 Å². The van der Waals surface area contributed by atoms with E-state index in [0.29, 0.717) is 24.8 Å². The van der Waals surface area contributed by atoms with Gasteiger partial charge in [-0.1, -0.05) is 19.3 Å². The summed E-state index contributed by atoms with van der Waals surface area (Å²) in [7, 11) is 1.94. The number of allylic oxidation sites excluding steroid dienone is 3. The highest BCUT2D eigenvalue weighted by Gasteiger charge is 2.21. The zero-order chi connectivity index (χ0) is 17.6. The van der Waals surface area contributed by atoms with Crippen LogP contribution in [0, 0.1) is 0 Å². The molecule has 0 N–H and O–H groups in total. The lowest BCUT2D eigenvalue weighted by atomic mass is 9.94. The monoisotopic (exact) mass is 342 g/mol. The Labute approximate surface area is 149 Å². The lowest BCUT2D eigenvalue weighted by molar-refractivity contribution is -0.133. The lowest BCUT2D eigenvalue weighted by Gasteiger charge is -2.31. The number of rotatable bonds is 6. The number of carbonyl (C=O) groups is 2. The van der Waals surface area contributed by atoms with E-state index in [-0.39, 0.29) is 17.9 Å². The first-order valence-corrected chi connectivity index (χ1v) is 9.22. The van der Waals surface area contributed by atoms with Crippen molar-refractivity contribution in [2.24, 2.45) is 4.99 Å². The van der Waals surface area contributed by atoms with E-state index in [1.807, 2.05) is 30.2 Å². The van der Waals surface area contributed by atoms with E-state index in [2.05, 4.69) is 4.99 Å². The van der Waals surface area contributed by atoms with Gasteiger partial charge < -0.3 is 9.64 Å². The van der Waals surface area contributed by atoms with Crippen molar-refractivity contribution >= 4 is 17.5 Å². The Morgan fingerprint density at radius 2 is 2.04 bits per heavy atom. The van der Waals surface area contributed by atoms with Gasteiger partial charge in [0.25, 0.3) is 5.91 Å². The van der Waals surface area contributed by atoms with Gasteiger partial charge in [0.2, 0.25) is 5.91 Å². The van der Waals surface area contributed by atoms with Crippen LogP contribution in [-0.2, 0) is 14.3 Å². The molecule has 3 rings (SSSR count). The number of dihydropyridines is 1. The van der Waals surface area contributed by atoms with Crippen molar-refractivity contribution in [1.29, 1.82) is 0 Å². The first-order valence-electron chi connectivity index (χ1n) is 9.22. The third kappa shape index (κ3) is 4.75. The topological polar surface area (TPSA) is 59.0 Å². The van der Waals surface area contributed by atoms with Crippen LogP contribution in [0.4, 0.5) is 0 Å². The molecule has 0 spiro atoms. The Morgan fingerprint density at radius 3 is 2.84 bits per heavy atom. The number of aliphatic imine (C=N–C) groups is 1. The molecule has 1 heterocycles. The Hall–Kier alpha value is -2.01. The van der Waals surface area contributed by atoms with E-state index < -0.39 is 0 Å². The fraction of sp³-hybridized carbons (Fsp3) is 0.550. The molecule has 1 aliphatic heterocycles. The molecule has 5 heteroatoms. The van der Waals surface area contributed by atoms with Gasteiger partial charge in [-0.05, 0) is 49.1 Å². The lowest BCUT2D eigenvalue weighted by Crippen LogP contribution is -2.38. The van der Waals surface area contributed by atoms with Crippen LogP contribution in [0.25, 0.3) is 0 Å². The Morgan fingerprint density at radius 1 is 1.24 bits per heavy atom. The Bertz CT molecular complexity index is 639. The quantitative estimate of drug-likeness (QED) is 0.697. The summed E-state index contributed by atoms with van der Waals surface area (Å²) >= 11 is 0. The molecular weight excluding hydrogens is 316 g/mol. The third-order valence-corrected chi connectivity index (χ3v) is 5.08. The number of hydrogen-bond donors (Lipinski definition) is 0. The van der Waals surface area contributed by atoms with Crippen LogP contribution in [-0.4, -0.2) is 48.2 Å². The summed E-state index contributed by atoms with van der Waals surface area (Å²) in [5, 5.41) is 0. The molecule has 2 amide bonds. The summed E-state index contributed by atoms with van der Waals surface area (Å²) in [6.07, 6.45) is 16.1. The number of carbonyl (C=O) groups excluding carboxylic acids is 2. The summed E-state index contributed by atoms with van der Waals surface area (Å²) in [5.74, 6) is -0.00652. The number of fused-ring (bicyclic) bond motifs is 1. The third-order valence-electron chi connectivity index (χ3n) is 5.08. The van der Waals surface area contributed by atoms with E-state index in [1.54, 1.807) is 6.08 Å². The molecule has 134 valence electrons. The van der Waals surface area contributed by atoms with Gasteiger partial charge in [0.05, 0.1) is 11.8 Å². The van der Waals surface area contributed by atoms with Crippen LogP contribution in [0.5, 0.6) is 0 Å². The molecule has 1 fully saturated rings.